The molecule has 1 aliphatic rings. The molecule has 0 saturated carbocycles. The van der Waals surface area contributed by atoms with Gasteiger partial charge in [-0.3, -0.25) is 9.59 Å². The molecule has 1 aromatic heterocycles. The zero-order valence-corrected chi connectivity index (χ0v) is 13.3. The minimum atomic E-state index is 0.0481. The summed E-state index contributed by atoms with van der Waals surface area (Å²) in [5.74, 6) is 0.115. The topological polar surface area (TPSA) is 40.6 Å². The van der Waals surface area contributed by atoms with E-state index in [2.05, 4.69) is 0 Å². The first kappa shape index (κ1) is 14.8. The van der Waals surface area contributed by atoms with Crippen molar-refractivity contribution in [3.05, 3.63) is 57.8 Å². The van der Waals surface area contributed by atoms with E-state index in [4.69, 9.17) is 0 Å². The van der Waals surface area contributed by atoms with Crippen molar-refractivity contribution in [1.29, 1.82) is 0 Å². The van der Waals surface area contributed by atoms with E-state index in [0.29, 0.717) is 26.2 Å². The lowest BCUT2D eigenvalue weighted by atomic mass is 10.1. The largest absolute Gasteiger partial charge is 0.335 e. The maximum atomic E-state index is 12.5. The summed E-state index contributed by atoms with van der Waals surface area (Å²) in [6.07, 6.45) is 0. The zero-order valence-electron chi connectivity index (χ0n) is 12.5. The number of carbonyl (C=O) groups excluding carboxylic acids is 2. The Morgan fingerprint density at radius 2 is 1.64 bits per heavy atom. The first-order chi connectivity index (χ1) is 10.6. The highest BCUT2D eigenvalue weighted by molar-refractivity contribution is 7.12. The van der Waals surface area contributed by atoms with Gasteiger partial charge in [-0.1, -0.05) is 23.8 Å². The van der Waals surface area contributed by atoms with Crippen LogP contribution < -0.4 is 0 Å². The highest BCUT2D eigenvalue weighted by Gasteiger charge is 2.25. The number of benzene rings is 1. The molecule has 1 fully saturated rings. The van der Waals surface area contributed by atoms with Gasteiger partial charge in [0, 0.05) is 31.7 Å². The lowest BCUT2D eigenvalue weighted by molar-refractivity contribution is 0.0538. The summed E-state index contributed by atoms with van der Waals surface area (Å²) in [6, 6.07) is 11.4. The molecule has 2 aromatic rings. The van der Waals surface area contributed by atoms with E-state index < -0.39 is 0 Å². The van der Waals surface area contributed by atoms with E-state index in [1.165, 1.54) is 11.3 Å². The minimum absolute atomic E-state index is 0.0481. The van der Waals surface area contributed by atoms with E-state index >= 15 is 0 Å². The molecule has 114 valence electrons. The van der Waals surface area contributed by atoms with E-state index in [9.17, 15) is 9.59 Å². The van der Waals surface area contributed by atoms with Crippen molar-refractivity contribution in [3.63, 3.8) is 0 Å². The fraction of sp³-hybridized carbons (Fsp3) is 0.294. The van der Waals surface area contributed by atoms with Crippen LogP contribution in [0.4, 0.5) is 0 Å². The lowest BCUT2D eigenvalue weighted by Gasteiger charge is -2.34. The molecule has 0 spiro atoms. The van der Waals surface area contributed by atoms with Gasteiger partial charge in [-0.05, 0) is 30.5 Å². The number of rotatable bonds is 2. The quantitative estimate of drug-likeness (QED) is 0.855. The lowest BCUT2D eigenvalue weighted by Crippen LogP contribution is -2.50. The molecule has 0 unspecified atom stereocenters. The van der Waals surface area contributed by atoms with Gasteiger partial charge in [0.15, 0.2) is 0 Å². The third-order valence-corrected chi connectivity index (χ3v) is 4.71. The predicted octanol–water partition coefficient (Wildman–Crippen LogP) is 2.65. The maximum absolute atomic E-state index is 12.5. The molecule has 0 radical (unpaired) electrons. The second-order valence-electron chi connectivity index (χ2n) is 5.43. The second-order valence-corrected chi connectivity index (χ2v) is 6.38. The van der Waals surface area contributed by atoms with Crippen molar-refractivity contribution in [2.75, 3.05) is 26.2 Å². The average Bonchev–Trinajstić information content (AvgIpc) is 3.08. The predicted molar refractivity (Wildman–Crippen MR) is 87.3 cm³/mol. The number of thiophene rings is 1. The number of hydrogen-bond acceptors (Lipinski definition) is 3. The Morgan fingerprint density at radius 3 is 2.23 bits per heavy atom. The summed E-state index contributed by atoms with van der Waals surface area (Å²) >= 11 is 1.46. The van der Waals surface area contributed by atoms with Gasteiger partial charge >= 0.3 is 0 Å². The number of amides is 2. The van der Waals surface area contributed by atoms with Crippen LogP contribution in [0, 0.1) is 6.92 Å². The summed E-state index contributed by atoms with van der Waals surface area (Å²) in [4.78, 5) is 29.2. The highest BCUT2D eigenvalue weighted by atomic mass is 32.1. The van der Waals surface area contributed by atoms with Crippen molar-refractivity contribution in [2.45, 2.75) is 6.92 Å². The monoisotopic (exact) mass is 314 g/mol. The molecular weight excluding hydrogens is 296 g/mol. The standard InChI is InChI=1S/C17H18N2O2S/c1-13-4-2-5-14(12-13)16(20)18-7-9-19(10-8-18)17(21)15-6-3-11-22-15/h2-6,11-12H,7-10H2,1H3. The summed E-state index contributed by atoms with van der Waals surface area (Å²) in [5, 5.41) is 1.91. The SMILES string of the molecule is Cc1cccc(C(=O)N2CCN(C(=O)c3cccs3)CC2)c1. The number of piperazine rings is 1. The smallest absolute Gasteiger partial charge is 0.264 e. The van der Waals surface area contributed by atoms with Crippen LogP contribution in [0.2, 0.25) is 0 Å². The second kappa shape index (κ2) is 6.32. The Balaban J connectivity index is 1.62. The molecule has 5 heteroatoms. The molecule has 2 amide bonds. The molecular formula is C17H18N2O2S. The Morgan fingerprint density at radius 1 is 0.955 bits per heavy atom. The average molecular weight is 314 g/mol. The Bertz CT molecular complexity index is 674. The first-order valence-electron chi connectivity index (χ1n) is 7.34. The third kappa shape index (κ3) is 3.04. The highest BCUT2D eigenvalue weighted by Crippen LogP contribution is 2.15. The molecule has 4 nitrogen and oxygen atoms in total. The van der Waals surface area contributed by atoms with Gasteiger partial charge in [-0.25, -0.2) is 0 Å². The van der Waals surface area contributed by atoms with Crippen LogP contribution in [0.1, 0.15) is 25.6 Å². The Labute approximate surface area is 134 Å². The fourth-order valence-electron chi connectivity index (χ4n) is 2.63. The molecule has 0 N–H and O–H groups in total. The zero-order chi connectivity index (χ0) is 15.5. The van der Waals surface area contributed by atoms with E-state index in [1.54, 1.807) is 0 Å². The Kier molecular flexibility index (Phi) is 4.24. The van der Waals surface area contributed by atoms with Crippen LogP contribution in [-0.4, -0.2) is 47.8 Å². The molecule has 22 heavy (non-hydrogen) atoms. The summed E-state index contributed by atoms with van der Waals surface area (Å²) in [6.45, 7) is 4.34. The van der Waals surface area contributed by atoms with Gasteiger partial charge in [-0.15, -0.1) is 11.3 Å². The summed E-state index contributed by atoms with van der Waals surface area (Å²) < 4.78 is 0. The minimum Gasteiger partial charge on any atom is -0.335 e. The maximum Gasteiger partial charge on any atom is 0.264 e. The van der Waals surface area contributed by atoms with Crippen LogP contribution in [0.3, 0.4) is 0 Å². The molecule has 0 atom stereocenters. The molecule has 1 aliphatic heterocycles. The number of carbonyl (C=O) groups is 2. The van der Waals surface area contributed by atoms with Crippen LogP contribution in [0.5, 0.6) is 0 Å². The van der Waals surface area contributed by atoms with Crippen molar-refractivity contribution in [2.24, 2.45) is 0 Å². The summed E-state index contributed by atoms with van der Waals surface area (Å²) in [7, 11) is 0. The van der Waals surface area contributed by atoms with Crippen LogP contribution in [0.15, 0.2) is 41.8 Å². The van der Waals surface area contributed by atoms with Gasteiger partial charge in [0.2, 0.25) is 0 Å². The van der Waals surface area contributed by atoms with Crippen molar-refractivity contribution in [3.8, 4) is 0 Å². The first-order valence-corrected chi connectivity index (χ1v) is 8.22. The van der Waals surface area contributed by atoms with Gasteiger partial charge in [0.1, 0.15) is 0 Å². The van der Waals surface area contributed by atoms with Crippen molar-refractivity contribution >= 4 is 23.2 Å². The van der Waals surface area contributed by atoms with Gasteiger partial charge in [-0.2, -0.15) is 0 Å². The van der Waals surface area contributed by atoms with E-state index in [-0.39, 0.29) is 11.8 Å². The summed E-state index contributed by atoms with van der Waals surface area (Å²) in [5.41, 5.74) is 1.80. The van der Waals surface area contributed by atoms with Crippen LogP contribution >= 0.6 is 11.3 Å². The fourth-order valence-corrected chi connectivity index (χ4v) is 3.32. The molecule has 0 bridgehead atoms. The molecule has 2 heterocycles. The van der Waals surface area contributed by atoms with Crippen LogP contribution in [0.25, 0.3) is 0 Å². The van der Waals surface area contributed by atoms with Gasteiger partial charge in [0.05, 0.1) is 4.88 Å². The van der Waals surface area contributed by atoms with Crippen molar-refractivity contribution < 1.29 is 9.59 Å². The molecule has 3 rings (SSSR count). The van der Waals surface area contributed by atoms with Gasteiger partial charge < -0.3 is 9.80 Å². The van der Waals surface area contributed by atoms with Crippen LogP contribution in [-0.2, 0) is 0 Å². The number of nitrogens with zero attached hydrogens (tertiary/aromatic N) is 2. The normalized spacial score (nSPS) is 15.0. The number of hydrogen-bond donors (Lipinski definition) is 0. The molecule has 1 aromatic carbocycles. The Hall–Kier alpha value is -2.14. The van der Waals surface area contributed by atoms with Crippen molar-refractivity contribution in [1.82, 2.24) is 9.80 Å². The molecule has 1 saturated heterocycles. The third-order valence-electron chi connectivity index (χ3n) is 3.85. The number of aryl methyl sites for hydroxylation is 1. The van der Waals surface area contributed by atoms with E-state index in [0.717, 1.165) is 16.0 Å². The van der Waals surface area contributed by atoms with Gasteiger partial charge in [0.25, 0.3) is 11.8 Å². The molecule has 0 aliphatic carbocycles. The van der Waals surface area contributed by atoms with E-state index in [1.807, 2.05) is 58.5 Å².